The van der Waals surface area contributed by atoms with Gasteiger partial charge in [0.25, 0.3) is 5.91 Å². The number of carbonyl (C=O) groups excluding carboxylic acids is 1. The van der Waals surface area contributed by atoms with Crippen molar-refractivity contribution in [1.82, 2.24) is 9.47 Å². The van der Waals surface area contributed by atoms with Crippen molar-refractivity contribution in [3.05, 3.63) is 77.0 Å². The number of fused-ring (bicyclic) bond motifs is 1. The molecule has 1 saturated carbocycles. The molecule has 3 heterocycles. The Morgan fingerprint density at radius 2 is 1.96 bits per heavy atom. The highest BCUT2D eigenvalue weighted by molar-refractivity contribution is 6.01. The van der Waals surface area contributed by atoms with E-state index in [-0.39, 0.29) is 12.1 Å². The number of hydrogen-bond acceptors (Lipinski definition) is 3. The average Bonchev–Trinajstić information content (AvgIpc) is 3.27. The van der Waals surface area contributed by atoms with Crippen LogP contribution >= 0.6 is 0 Å². The zero-order chi connectivity index (χ0) is 18.5. The van der Waals surface area contributed by atoms with Crippen LogP contribution in [0.1, 0.15) is 58.1 Å². The maximum absolute atomic E-state index is 13.3. The number of para-hydroxylation sites is 1. The molecule has 2 aromatic heterocycles. The third kappa shape index (κ3) is 2.65. The fraction of sp³-hybridized carbons (Fsp3) is 0.318. The highest BCUT2D eigenvalue weighted by Crippen LogP contribution is 2.42. The van der Waals surface area contributed by atoms with Crippen LogP contribution in [-0.4, -0.2) is 15.4 Å². The van der Waals surface area contributed by atoms with Crippen molar-refractivity contribution in [3.63, 3.8) is 0 Å². The van der Waals surface area contributed by atoms with Crippen LogP contribution in [0.25, 0.3) is 0 Å². The van der Waals surface area contributed by atoms with Crippen molar-refractivity contribution in [2.75, 3.05) is 5.32 Å². The number of furan rings is 1. The molecule has 1 N–H and O–H groups in total. The molecule has 0 saturated heterocycles. The monoisotopic (exact) mass is 361 g/mol. The van der Waals surface area contributed by atoms with Crippen molar-refractivity contribution in [1.29, 1.82) is 0 Å². The Morgan fingerprint density at radius 3 is 2.70 bits per heavy atom. The lowest BCUT2D eigenvalue weighted by Gasteiger charge is -2.37. The van der Waals surface area contributed by atoms with Crippen molar-refractivity contribution >= 4 is 11.6 Å². The molecule has 0 radical (unpaired) electrons. The van der Waals surface area contributed by atoms with E-state index in [1.54, 1.807) is 6.26 Å². The Hall–Kier alpha value is -2.95. The number of rotatable bonds is 4. The summed E-state index contributed by atoms with van der Waals surface area (Å²) in [6.07, 6.45) is 3.92. The van der Waals surface area contributed by atoms with Crippen LogP contribution in [0.5, 0.6) is 0 Å². The molecule has 2 aliphatic rings. The molecule has 138 valence electrons. The van der Waals surface area contributed by atoms with Crippen molar-refractivity contribution in [3.8, 4) is 0 Å². The van der Waals surface area contributed by atoms with Gasteiger partial charge in [0, 0.05) is 28.7 Å². The lowest BCUT2D eigenvalue weighted by Crippen LogP contribution is -2.42. The molecule has 0 bridgehead atoms. The molecule has 27 heavy (non-hydrogen) atoms. The smallest absolute Gasteiger partial charge is 0.258 e. The Balaban J connectivity index is 1.60. The van der Waals surface area contributed by atoms with Gasteiger partial charge in [0.2, 0.25) is 0 Å². The van der Waals surface area contributed by atoms with E-state index in [1.807, 2.05) is 41.3 Å². The van der Waals surface area contributed by atoms with Gasteiger partial charge in [-0.2, -0.15) is 0 Å². The second-order valence-electron chi connectivity index (χ2n) is 7.53. The zero-order valence-corrected chi connectivity index (χ0v) is 15.6. The van der Waals surface area contributed by atoms with E-state index in [4.69, 9.17) is 4.42 Å². The second kappa shape index (κ2) is 6.05. The van der Waals surface area contributed by atoms with E-state index in [0.717, 1.165) is 17.0 Å². The molecule has 5 nitrogen and oxygen atoms in total. The quantitative estimate of drug-likeness (QED) is 0.726. The van der Waals surface area contributed by atoms with Gasteiger partial charge < -0.3 is 19.2 Å². The Labute approximate surface area is 158 Å². The van der Waals surface area contributed by atoms with Crippen LogP contribution in [0.4, 0.5) is 5.69 Å². The number of hydrogen-bond donors (Lipinski definition) is 1. The summed E-state index contributed by atoms with van der Waals surface area (Å²) >= 11 is 0. The molecule has 1 fully saturated rings. The highest BCUT2D eigenvalue weighted by atomic mass is 16.3. The van der Waals surface area contributed by atoms with E-state index in [1.165, 1.54) is 24.2 Å². The molecule has 1 unspecified atom stereocenters. The summed E-state index contributed by atoms with van der Waals surface area (Å²) in [5, 5.41) is 3.60. The standard InChI is InChI=1S/C22H23N3O2/c1-14-12-19(15(2)25(14)16-9-10-16)21-23-20-8-4-3-7-18(20)22(26)24(21)13-17-6-5-11-27-17/h3-8,11-12,16,21,23H,9-10,13H2,1-2H3. The van der Waals surface area contributed by atoms with E-state index in [2.05, 4.69) is 29.8 Å². The average molecular weight is 361 g/mol. The van der Waals surface area contributed by atoms with Gasteiger partial charge >= 0.3 is 0 Å². The van der Waals surface area contributed by atoms with E-state index >= 15 is 0 Å². The molecule has 1 amide bonds. The number of nitrogens with one attached hydrogen (secondary N) is 1. The third-order valence-electron chi connectivity index (χ3n) is 5.66. The summed E-state index contributed by atoms with van der Waals surface area (Å²) in [5.74, 6) is 0.813. The molecule has 3 aromatic rings. The number of aromatic nitrogens is 1. The minimum Gasteiger partial charge on any atom is -0.467 e. The number of benzene rings is 1. The minimum atomic E-state index is -0.212. The zero-order valence-electron chi connectivity index (χ0n) is 15.6. The van der Waals surface area contributed by atoms with Crippen LogP contribution in [0, 0.1) is 13.8 Å². The number of amides is 1. The molecule has 5 heteroatoms. The molecule has 1 aliphatic carbocycles. The Kier molecular flexibility index (Phi) is 3.64. The maximum Gasteiger partial charge on any atom is 0.258 e. The SMILES string of the molecule is Cc1cc(C2Nc3ccccc3C(=O)N2Cc2ccco2)c(C)n1C1CC1. The predicted octanol–water partition coefficient (Wildman–Crippen LogP) is 4.80. The number of nitrogens with zero attached hydrogens (tertiary/aromatic N) is 2. The van der Waals surface area contributed by atoms with Crippen molar-refractivity contribution < 1.29 is 9.21 Å². The van der Waals surface area contributed by atoms with E-state index in [0.29, 0.717) is 18.2 Å². The Bertz CT molecular complexity index is 999. The van der Waals surface area contributed by atoms with Gasteiger partial charge in [0.1, 0.15) is 11.9 Å². The molecule has 5 rings (SSSR count). The van der Waals surface area contributed by atoms with Crippen LogP contribution in [0.3, 0.4) is 0 Å². The van der Waals surface area contributed by atoms with Gasteiger partial charge in [-0.3, -0.25) is 4.79 Å². The summed E-state index contributed by atoms with van der Waals surface area (Å²) in [4.78, 5) is 15.2. The lowest BCUT2D eigenvalue weighted by molar-refractivity contribution is 0.0651. The van der Waals surface area contributed by atoms with Crippen LogP contribution in [0.15, 0.2) is 53.1 Å². The molecular formula is C22H23N3O2. The maximum atomic E-state index is 13.3. The topological polar surface area (TPSA) is 50.4 Å². The van der Waals surface area contributed by atoms with Gasteiger partial charge in [0.15, 0.2) is 0 Å². The van der Waals surface area contributed by atoms with Gasteiger partial charge in [-0.25, -0.2) is 0 Å². The number of anilines is 1. The summed E-state index contributed by atoms with van der Waals surface area (Å²) in [5.41, 5.74) is 5.25. The van der Waals surface area contributed by atoms with Gasteiger partial charge in [-0.05, 0) is 57.0 Å². The van der Waals surface area contributed by atoms with Crippen LogP contribution in [-0.2, 0) is 6.54 Å². The summed E-state index contributed by atoms with van der Waals surface area (Å²) < 4.78 is 7.96. The van der Waals surface area contributed by atoms with Gasteiger partial charge in [-0.1, -0.05) is 12.1 Å². The molecule has 0 spiro atoms. The number of carbonyl (C=O) groups is 1. The molecule has 1 atom stereocenters. The lowest BCUT2D eigenvalue weighted by atomic mass is 10.0. The first-order valence-electron chi connectivity index (χ1n) is 9.50. The van der Waals surface area contributed by atoms with E-state index in [9.17, 15) is 4.79 Å². The largest absolute Gasteiger partial charge is 0.467 e. The van der Waals surface area contributed by atoms with Crippen molar-refractivity contribution in [2.24, 2.45) is 0 Å². The predicted molar refractivity (Wildman–Crippen MR) is 104 cm³/mol. The summed E-state index contributed by atoms with van der Waals surface area (Å²) in [7, 11) is 0. The highest BCUT2D eigenvalue weighted by Gasteiger charge is 2.36. The first kappa shape index (κ1) is 16.2. The normalized spacial score (nSPS) is 19.1. The minimum absolute atomic E-state index is 0.0296. The van der Waals surface area contributed by atoms with Crippen LogP contribution in [0.2, 0.25) is 0 Å². The second-order valence-corrected chi connectivity index (χ2v) is 7.53. The summed E-state index contributed by atoms with van der Waals surface area (Å²) in [6, 6.07) is 14.3. The molecule has 1 aromatic carbocycles. The number of aryl methyl sites for hydroxylation is 1. The molecule has 1 aliphatic heterocycles. The third-order valence-corrected chi connectivity index (χ3v) is 5.66. The first-order valence-corrected chi connectivity index (χ1v) is 9.50. The summed E-state index contributed by atoms with van der Waals surface area (Å²) in [6.45, 7) is 4.76. The van der Waals surface area contributed by atoms with Gasteiger partial charge in [-0.15, -0.1) is 0 Å². The van der Waals surface area contributed by atoms with Crippen LogP contribution < -0.4 is 5.32 Å². The fourth-order valence-electron chi connectivity index (χ4n) is 4.25. The van der Waals surface area contributed by atoms with E-state index < -0.39 is 0 Å². The van der Waals surface area contributed by atoms with Gasteiger partial charge in [0.05, 0.1) is 18.4 Å². The molecular weight excluding hydrogens is 338 g/mol. The fourth-order valence-corrected chi connectivity index (χ4v) is 4.25. The Morgan fingerprint density at radius 1 is 1.15 bits per heavy atom. The van der Waals surface area contributed by atoms with Crippen molar-refractivity contribution in [2.45, 2.75) is 45.4 Å². The first-order chi connectivity index (χ1) is 13.1.